The summed E-state index contributed by atoms with van der Waals surface area (Å²) in [7, 11) is 1.59. The van der Waals surface area contributed by atoms with Crippen LogP contribution >= 0.6 is 0 Å². The van der Waals surface area contributed by atoms with Crippen molar-refractivity contribution in [2.75, 3.05) is 0 Å². The van der Waals surface area contributed by atoms with E-state index in [-0.39, 0.29) is 11.5 Å². The minimum absolute atomic E-state index is 0.172. The van der Waals surface area contributed by atoms with E-state index in [1.807, 2.05) is 30.3 Å². The van der Waals surface area contributed by atoms with E-state index in [0.717, 1.165) is 5.56 Å². The molecule has 1 heterocycles. The molecule has 0 saturated heterocycles. The van der Waals surface area contributed by atoms with Crippen molar-refractivity contribution in [3.63, 3.8) is 0 Å². The van der Waals surface area contributed by atoms with E-state index in [4.69, 9.17) is 0 Å². The van der Waals surface area contributed by atoms with Crippen molar-refractivity contribution in [3.05, 3.63) is 70.1 Å². The van der Waals surface area contributed by atoms with E-state index in [9.17, 15) is 14.7 Å². The average molecular weight is 300 g/mol. The molecule has 0 bridgehead atoms. The molecule has 2 N–H and O–H groups in total. The summed E-state index contributed by atoms with van der Waals surface area (Å²) in [5, 5.41) is 13.0. The molecule has 0 radical (unpaired) electrons. The van der Waals surface area contributed by atoms with Gasteiger partial charge in [0.05, 0.1) is 17.7 Å². The fourth-order valence-electron chi connectivity index (χ4n) is 2.15. The fraction of sp³-hybridized carbons (Fsp3) is 0.294. The molecule has 0 aliphatic heterocycles. The lowest BCUT2D eigenvalue weighted by Crippen LogP contribution is -2.42. The Kier molecular flexibility index (Phi) is 5.12. The number of nitrogens with zero attached hydrogens (tertiary/aromatic N) is 1. The summed E-state index contributed by atoms with van der Waals surface area (Å²) in [6.07, 6.45) is 1.27. The highest BCUT2D eigenvalue weighted by Crippen LogP contribution is 2.07. The van der Waals surface area contributed by atoms with Gasteiger partial charge in [-0.15, -0.1) is 0 Å². The van der Waals surface area contributed by atoms with E-state index < -0.39 is 12.1 Å². The van der Waals surface area contributed by atoms with E-state index >= 15 is 0 Å². The van der Waals surface area contributed by atoms with Crippen LogP contribution in [0.1, 0.15) is 22.8 Å². The van der Waals surface area contributed by atoms with Gasteiger partial charge in [-0.2, -0.15) is 0 Å². The maximum atomic E-state index is 12.1. The van der Waals surface area contributed by atoms with Gasteiger partial charge in [0.1, 0.15) is 0 Å². The number of aryl methyl sites for hydroxylation is 1. The van der Waals surface area contributed by atoms with Gasteiger partial charge >= 0.3 is 0 Å². The number of carbonyl (C=O) groups excluding carboxylic acids is 1. The molecule has 1 aromatic heterocycles. The van der Waals surface area contributed by atoms with Crippen molar-refractivity contribution in [3.8, 4) is 0 Å². The van der Waals surface area contributed by atoms with Crippen LogP contribution in [-0.4, -0.2) is 27.7 Å². The number of rotatable bonds is 5. The zero-order chi connectivity index (χ0) is 16.1. The first-order valence-electron chi connectivity index (χ1n) is 7.17. The first-order valence-corrected chi connectivity index (χ1v) is 7.17. The predicted octanol–water partition coefficient (Wildman–Crippen LogP) is 1.11. The Hall–Kier alpha value is -2.40. The number of hydrogen-bond acceptors (Lipinski definition) is 3. The van der Waals surface area contributed by atoms with Gasteiger partial charge in [0.2, 0.25) is 5.56 Å². The monoisotopic (exact) mass is 300 g/mol. The van der Waals surface area contributed by atoms with Gasteiger partial charge in [0.25, 0.3) is 5.91 Å². The summed E-state index contributed by atoms with van der Waals surface area (Å²) in [6.45, 7) is 1.76. The molecule has 1 amide bonds. The predicted molar refractivity (Wildman–Crippen MR) is 84.8 cm³/mol. The van der Waals surface area contributed by atoms with Crippen LogP contribution in [0.2, 0.25) is 0 Å². The molecule has 2 aromatic rings. The van der Waals surface area contributed by atoms with Crippen molar-refractivity contribution >= 4 is 5.91 Å². The van der Waals surface area contributed by atoms with Crippen LogP contribution in [0.25, 0.3) is 0 Å². The zero-order valence-corrected chi connectivity index (χ0v) is 12.7. The van der Waals surface area contributed by atoms with Gasteiger partial charge in [-0.25, -0.2) is 0 Å². The van der Waals surface area contributed by atoms with Crippen LogP contribution in [0.15, 0.2) is 53.5 Å². The number of benzene rings is 1. The van der Waals surface area contributed by atoms with E-state index in [1.54, 1.807) is 14.0 Å². The summed E-state index contributed by atoms with van der Waals surface area (Å²) in [6, 6.07) is 12.0. The second kappa shape index (κ2) is 7.04. The van der Waals surface area contributed by atoms with Crippen LogP contribution in [0.3, 0.4) is 0 Å². The number of aromatic nitrogens is 1. The molecule has 0 fully saturated rings. The molecule has 5 heteroatoms. The summed E-state index contributed by atoms with van der Waals surface area (Å²) in [5.41, 5.74) is 1.23. The lowest BCUT2D eigenvalue weighted by atomic mass is 10.0. The second-order valence-electron chi connectivity index (χ2n) is 5.39. The summed E-state index contributed by atoms with van der Waals surface area (Å²) in [5.74, 6) is -0.310. The minimum Gasteiger partial charge on any atom is -0.391 e. The van der Waals surface area contributed by atoms with Crippen LogP contribution in [-0.2, 0) is 13.5 Å². The molecule has 22 heavy (non-hydrogen) atoms. The van der Waals surface area contributed by atoms with Gasteiger partial charge in [-0.1, -0.05) is 30.3 Å². The normalized spacial score (nSPS) is 13.4. The summed E-state index contributed by atoms with van der Waals surface area (Å²) < 4.78 is 1.35. The van der Waals surface area contributed by atoms with Crippen molar-refractivity contribution in [2.45, 2.75) is 25.5 Å². The number of carbonyl (C=O) groups is 1. The number of aliphatic hydroxyl groups excluding tert-OH is 1. The molecule has 1 aromatic carbocycles. The van der Waals surface area contributed by atoms with Gasteiger partial charge in [0, 0.05) is 25.7 Å². The van der Waals surface area contributed by atoms with Crippen LogP contribution in [0.5, 0.6) is 0 Å². The lowest BCUT2D eigenvalue weighted by molar-refractivity contribution is 0.0851. The van der Waals surface area contributed by atoms with E-state index in [1.165, 1.54) is 22.9 Å². The van der Waals surface area contributed by atoms with Crippen molar-refractivity contribution in [2.24, 2.45) is 7.05 Å². The first kappa shape index (κ1) is 16.0. The Bertz CT molecular complexity index is 695. The smallest absolute Gasteiger partial charge is 0.253 e. The lowest BCUT2D eigenvalue weighted by Gasteiger charge is -2.20. The third-order valence-electron chi connectivity index (χ3n) is 3.57. The largest absolute Gasteiger partial charge is 0.391 e. The van der Waals surface area contributed by atoms with Crippen molar-refractivity contribution < 1.29 is 9.90 Å². The molecule has 2 rings (SSSR count). The first-order chi connectivity index (χ1) is 10.5. The van der Waals surface area contributed by atoms with Crippen LogP contribution in [0.4, 0.5) is 0 Å². The molecule has 0 spiro atoms. The van der Waals surface area contributed by atoms with Gasteiger partial charge < -0.3 is 15.0 Å². The molecule has 0 aliphatic rings. The highest BCUT2D eigenvalue weighted by atomic mass is 16.3. The topological polar surface area (TPSA) is 71.3 Å². The third kappa shape index (κ3) is 4.05. The second-order valence-corrected chi connectivity index (χ2v) is 5.39. The number of amides is 1. The Labute approximate surface area is 129 Å². The molecular formula is C17H20N2O3. The summed E-state index contributed by atoms with van der Waals surface area (Å²) >= 11 is 0. The highest BCUT2D eigenvalue weighted by molar-refractivity contribution is 5.94. The van der Waals surface area contributed by atoms with Gasteiger partial charge in [0.15, 0.2) is 0 Å². The number of pyridine rings is 1. The SMILES string of the molecule is CC(NC(=O)c1ccc(=O)n(C)c1)C(O)Cc1ccccc1. The van der Waals surface area contributed by atoms with Crippen LogP contribution < -0.4 is 10.9 Å². The molecule has 2 unspecified atom stereocenters. The Balaban J connectivity index is 1.98. The molecule has 116 valence electrons. The van der Waals surface area contributed by atoms with E-state index in [0.29, 0.717) is 12.0 Å². The highest BCUT2D eigenvalue weighted by Gasteiger charge is 2.18. The van der Waals surface area contributed by atoms with Crippen molar-refractivity contribution in [1.29, 1.82) is 0 Å². The maximum absolute atomic E-state index is 12.1. The molecule has 5 nitrogen and oxygen atoms in total. The van der Waals surface area contributed by atoms with Crippen LogP contribution in [0, 0.1) is 0 Å². The fourth-order valence-corrected chi connectivity index (χ4v) is 2.15. The molecule has 0 aliphatic carbocycles. The third-order valence-corrected chi connectivity index (χ3v) is 3.57. The maximum Gasteiger partial charge on any atom is 0.253 e. The average Bonchev–Trinajstić information content (AvgIpc) is 2.50. The standard InChI is InChI=1S/C17H20N2O3/c1-12(15(20)10-13-6-4-3-5-7-13)18-17(22)14-8-9-16(21)19(2)11-14/h3-9,11-12,15,20H,10H2,1-2H3,(H,18,22). The zero-order valence-electron chi connectivity index (χ0n) is 12.7. The minimum atomic E-state index is -0.682. The Morgan fingerprint density at radius 2 is 1.91 bits per heavy atom. The number of hydrogen-bond donors (Lipinski definition) is 2. The molecule has 0 saturated carbocycles. The number of nitrogens with one attached hydrogen (secondary N) is 1. The quantitative estimate of drug-likeness (QED) is 0.869. The summed E-state index contributed by atoms with van der Waals surface area (Å²) in [4.78, 5) is 23.5. The Morgan fingerprint density at radius 1 is 1.23 bits per heavy atom. The Morgan fingerprint density at radius 3 is 2.55 bits per heavy atom. The van der Waals surface area contributed by atoms with E-state index in [2.05, 4.69) is 5.32 Å². The molecule has 2 atom stereocenters. The van der Waals surface area contributed by atoms with Crippen molar-refractivity contribution in [1.82, 2.24) is 9.88 Å². The van der Waals surface area contributed by atoms with Gasteiger partial charge in [-0.3, -0.25) is 9.59 Å². The molecular weight excluding hydrogens is 280 g/mol. The van der Waals surface area contributed by atoms with Gasteiger partial charge in [-0.05, 0) is 18.6 Å². The number of aliphatic hydroxyl groups is 1.